The topological polar surface area (TPSA) is 0 Å². The van der Waals surface area contributed by atoms with Crippen LogP contribution < -0.4 is 0 Å². The van der Waals surface area contributed by atoms with Gasteiger partial charge in [-0.1, -0.05) is 57.4 Å². The Morgan fingerprint density at radius 1 is 1.27 bits per heavy atom. The fourth-order valence-electron chi connectivity index (χ4n) is 2.77. The lowest BCUT2D eigenvalue weighted by Gasteiger charge is -2.17. The minimum Gasteiger partial charge on any atom is -0.100 e. The van der Waals surface area contributed by atoms with Crippen molar-refractivity contribution < 1.29 is 0 Å². The van der Waals surface area contributed by atoms with E-state index < -0.39 is 0 Å². The highest BCUT2D eigenvalue weighted by Gasteiger charge is 2.16. The van der Waals surface area contributed by atoms with Crippen LogP contribution in [-0.2, 0) is 0 Å². The Kier molecular flexibility index (Phi) is 6.05. The number of rotatable bonds is 7. The molecule has 0 aromatic rings. The Balaban J connectivity index is 2.12. The first kappa shape index (κ1) is 12.8. The van der Waals surface area contributed by atoms with Crippen LogP contribution >= 0.6 is 0 Å². The van der Waals surface area contributed by atoms with E-state index in [0.717, 1.165) is 11.8 Å². The zero-order chi connectivity index (χ0) is 11.1. The van der Waals surface area contributed by atoms with E-state index in [-0.39, 0.29) is 0 Å². The van der Waals surface area contributed by atoms with Crippen LogP contribution in [0.2, 0.25) is 0 Å². The summed E-state index contributed by atoms with van der Waals surface area (Å²) in [5.74, 6) is 2.03. The summed E-state index contributed by atoms with van der Waals surface area (Å²) >= 11 is 0. The van der Waals surface area contributed by atoms with Gasteiger partial charge in [0, 0.05) is 0 Å². The van der Waals surface area contributed by atoms with Crippen molar-refractivity contribution in [3.05, 3.63) is 12.2 Å². The van der Waals surface area contributed by atoms with Crippen LogP contribution in [0, 0.1) is 11.8 Å². The molecule has 0 aromatic carbocycles. The minimum absolute atomic E-state index is 0.960. The maximum absolute atomic E-state index is 4.00. The van der Waals surface area contributed by atoms with Gasteiger partial charge in [-0.3, -0.25) is 0 Å². The van der Waals surface area contributed by atoms with Crippen LogP contribution in [0.25, 0.3) is 0 Å². The second kappa shape index (κ2) is 7.09. The van der Waals surface area contributed by atoms with E-state index in [2.05, 4.69) is 20.4 Å². The summed E-state index contributed by atoms with van der Waals surface area (Å²) < 4.78 is 0. The van der Waals surface area contributed by atoms with Crippen molar-refractivity contribution in [1.29, 1.82) is 0 Å². The van der Waals surface area contributed by atoms with Crippen molar-refractivity contribution >= 4 is 0 Å². The van der Waals surface area contributed by atoms with Crippen molar-refractivity contribution in [3.8, 4) is 0 Å². The molecular weight excluding hydrogens is 180 g/mol. The smallest absolute Gasteiger partial charge is 0.0323 e. The predicted molar refractivity (Wildman–Crippen MR) is 69.0 cm³/mol. The molecule has 1 aliphatic rings. The fraction of sp³-hybridized carbons (Fsp3) is 0.867. The molecule has 1 saturated carbocycles. The molecular formula is C15H28. The van der Waals surface area contributed by atoms with Crippen molar-refractivity contribution in [2.45, 2.75) is 71.6 Å². The fourth-order valence-corrected chi connectivity index (χ4v) is 2.77. The Labute approximate surface area is 96.2 Å². The van der Waals surface area contributed by atoms with Crippen molar-refractivity contribution in [2.24, 2.45) is 11.8 Å². The largest absolute Gasteiger partial charge is 0.100 e. The minimum atomic E-state index is 0.960. The Morgan fingerprint density at radius 3 is 2.47 bits per heavy atom. The number of hydrogen-bond donors (Lipinski definition) is 0. The average Bonchev–Trinajstić information content (AvgIpc) is 2.70. The van der Waals surface area contributed by atoms with E-state index >= 15 is 0 Å². The molecule has 0 aliphatic heterocycles. The van der Waals surface area contributed by atoms with Gasteiger partial charge in [-0.15, -0.1) is 6.58 Å². The first-order valence-electron chi connectivity index (χ1n) is 6.86. The Morgan fingerprint density at radius 2 is 1.93 bits per heavy atom. The normalized spacial score (nSPS) is 19.3. The van der Waals surface area contributed by atoms with Crippen molar-refractivity contribution in [3.63, 3.8) is 0 Å². The summed E-state index contributed by atoms with van der Waals surface area (Å²) in [6.07, 6.45) is 12.9. The third-order valence-electron chi connectivity index (χ3n) is 4.01. The van der Waals surface area contributed by atoms with Crippen LogP contribution in [0.15, 0.2) is 12.2 Å². The monoisotopic (exact) mass is 208 g/mol. The van der Waals surface area contributed by atoms with Crippen LogP contribution in [0.3, 0.4) is 0 Å². The van der Waals surface area contributed by atoms with Crippen LogP contribution in [0.5, 0.6) is 0 Å². The molecule has 1 unspecified atom stereocenters. The summed E-state index contributed by atoms with van der Waals surface area (Å²) in [4.78, 5) is 0. The zero-order valence-electron chi connectivity index (χ0n) is 10.7. The molecule has 15 heavy (non-hydrogen) atoms. The van der Waals surface area contributed by atoms with E-state index in [9.17, 15) is 0 Å². The molecule has 88 valence electrons. The van der Waals surface area contributed by atoms with Gasteiger partial charge in [-0.25, -0.2) is 0 Å². The highest BCUT2D eigenvalue weighted by molar-refractivity contribution is 4.88. The molecule has 0 N–H and O–H groups in total. The van der Waals surface area contributed by atoms with Gasteiger partial charge in [0.1, 0.15) is 0 Å². The third-order valence-corrected chi connectivity index (χ3v) is 4.01. The quantitative estimate of drug-likeness (QED) is 0.495. The Hall–Kier alpha value is -0.260. The Bertz CT molecular complexity index is 174. The zero-order valence-corrected chi connectivity index (χ0v) is 10.7. The van der Waals surface area contributed by atoms with Gasteiger partial charge >= 0.3 is 0 Å². The van der Waals surface area contributed by atoms with Gasteiger partial charge in [0.25, 0.3) is 0 Å². The number of allylic oxidation sites excluding steroid dienone is 1. The summed E-state index contributed by atoms with van der Waals surface area (Å²) in [5, 5.41) is 0. The summed E-state index contributed by atoms with van der Waals surface area (Å²) in [6, 6.07) is 0. The van der Waals surface area contributed by atoms with E-state index in [1.807, 2.05) is 0 Å². The second-order valence-electron chi connectivity index (χ2n) is 5.50. The van der Waals surface area contributed by atoms with Crippen LogP contribution in [0.4, 0.5) is 0 Å². The highest BCUT2D eigenvalue weighted by atomic mass is 14.2. The predicted octanol–water partition coefficient (Wildman–Crippen LogP) is 5.34. The van der Waals surface area contributed by atoms with E-state index in [1.54, 1.807) is 0 Å². The summed E-state index contributed by atoms with van der Waals surface area (Å²) in [6.45, 7) is 8.50. The maximum Gasteiger partial charge on any atom is -0.0323 e. The standard InChI is InChI=1S/C15H28/c1-4-14(10-9-13(2)3)11-12-15-7-5-6-8-15/h14-15H,2,4-12H2,1,3H3. The first-order chi connectivity index (χ1) is 7.22. The lowest BCUT2D eigenvalue weighted by atomic mass is 9.89. The number of hydrogen-bond acceptors (Lipinski definition) is 0. The molecule has 1 rings (SSSR count). The molecule has 1 fully saturated rings. The molecule has 0 radical (unpaired) electrons. The molecule has 0 heterocycles. The molecule has 0 nitrogen and oxygen atoms in total. The van der Waals surface area contributed by atoms with E-state index in [0.29, 0.717) is 0 Å². The molecule has 1 atom stereocenters. The first-order valence-corrected chi connectivity index (χ1v) is 6.86. The molecule has 0 heteroatoms. The van der Waals surface area contributed by atoms with Crippen molar-refractivity contribution in [2.75, 3.05) is 0 Å². The van der Waals surface area contributed by atoms with E-state index in [1.165, 1.54) is 63.4 Å². The lowest BCUT2D eigenvalue weighted by Crippen LogP contribution is -2.03. The molecule has 1 aliphatic carbocycles. The van der Waals surface area contributed by atoms with Crippen LogP contribution in [-0.4, -0.2) is 0 Å². The highest BCUT2D eigenvalue weighted by Crippen LogP contribution is 2.31. The molecule has 0 amide bonds. The van der Waals surface area contributed by atoms with Gasteiger partial charge in [-0.05, 0) is 31.6 Å². The van der Waals surface area contributed by atoms with Gasteiger partial charge in [0.2, 0.25) is 0 Å². The van der Waals surface area contributed by atoms with Crippen LogP contribution in [0.1, 0.15) is 71.6 Å². The second-order valence-corrected chi connectivity index (χ2v) is 5.50. The van der Waals surface area contributed by atoms with Gasteiger partial charge in [-0.2, -0.15) is 0 Å². The average molecular weight is 208 g/mol. The third kappa shape index (κ3) is 5.39. The molecule has 0 saturated heterocycles. The molecule has 0 bridgehead atoms. The van der Waals surface area contributed by atoms with Crippen molar-refractivity contribution in [1.82, 2.24) is 0 Å². The summed E-state index contributed by atoms with van der Waals surface area (Å²) in [5.41, 5.74) is 1.36. The van der Waals surface area contributed by atoms with E-state index in [4.69, 9.17) is 0 Å². The summed E-state index contributed by atoms with van der Waals surface area (Å²) in [7, 11) is 0. The van der Waals surface area contributed by atoms with Gasteiger partial charge in [0.15, 0.2) is 0 Å². The lowest BCUT2D eigenvalue weighted by molar-refractivity contribution is 0.371. The van der Waals surface area contributed by atoms with Gasteiger partial charge < -0.3 is 0 Å². The molecule has 0 spiro atoms. The van der Waals surface area contributed by atoms with Gasteiger partial charge in [0.05, 0.1) is 0 Å². The molecule has 0 aromatic heterocycles. The maximum atomic E-state index is 4.00. The SMILES string of the molecule is C=C(C)CCC(CC)CCC1CCCC1.